The van der Waals surface area contributed by atoms with Gasteiger partial charge in [-0.2, -0.15) is 0 Å². The number of carbonyl (C=O) groups excluding carboxylic acids is 1. The lowest BCUT2D eigenvalue weighted by molar-refractivity contribution is -0.115. The number of benzene rings is 3. The largest absolute Gasteiger partial charge is 0.494 e. The molecule has 1 saturated heterocycles. The zero-order valence-electron chi connectivity index (χ0n) is 17.4. The van der Waals surface area contributed by atoms with Gasteiger partial charge in [-0.1, -0.05) is 36.4 Å². The molecule has 0 spiro atoms. The second-order valence-electron chi connectivity index (χ2n) is 6.87. The first-order valence-corrected chi connectivity index (χ1v) is 11.7. The summed E-state index contributed by atoms with van der Waals surface area (Å²) in [6, 6.07) is 23.2. The molecule has 1 amide bonds. The van der Waals surface area contributed by atoms with Crippen LogP contribution in [0.2, 0.25) is 0 Å². The molecule has 1 heterocycles. The molecule has 3 aromatic rings. The number of amidine groups is 1. The Morgan fingerprint density at radius 1 is 1.03 bits per heavy atom. The van der Waals surface area contributed by atoms with Crippen molar-refractivity contribution in [1.82, 2.24) is 5.32 Å². The van der Waals surface area contributed by atoms with Crippen LogP contribution in [0, 0.1) is 0 Å². The molecule has 0 aromatic heterocycles. The van der Waals surface area contributed by atoms with Crippen molar-refractivity contribution in [2.75, 3.05) is 6.61 Å². The van der Waals surface area contributed by atoms with Gasteiger partial charge >= 0.3 is 0 Å². The summed E-state index contributed by atoms with van der Waals surface area (Å²) in [5.41, 5.74) is 2.74. The van der Waals surface area contributed by atoms with E-state index in [1.807, 2.05) is 85.8 Å². The standard InChI is InChI=1S/C25H21BrN2O3S/c1-2-30-20-11-9-19(10-12-20)27-25-28-24(29)23(32-25)15-18-8-13-22(21(26)14-18)31-16-17-6-4-3-5-7-17/h3-15H,2,16H2,1H3,(H,27,28,29)/b23-15+. The average Bonchev–Trinajstić information content (AvgIpc) is 3.14. The van der Waals surface area contributed by atoms with E-state index in [0.29, 0.717) is 23.3 Å². The number of ether oxygens (including phenoxy) is 2. The van der Waals surface area contributed by atoms with Crippen molar-refractivity contribution >= 4 is 50.5 Å². The molecule has 0 bridgehead atoms. The van der Waals surface area contributed by atoms with E-state index in [0.717, 1.165) is 32.8 Å². The maximum atomic E-state index is 12.4. The van der Waals surface area contributed by atoms with E-state index >= 15 is 0 Å². The third-order valence-electron chi connectivity index (χ3n) is 4.52. The Labute approximate surface area is 199 Å². The summed E-state index contributed by atoms with van der Waals surface area (Å²) in [7, 11) is 0. The van der Waals surface area contributed by atoms with Gasteiger partial charge in [-0.3, -0.25) is 4.79 Å². The summed E-state index contributed by atoms with van der Waals surface area (Å²) in [4.78, 5) is 17.5. The van der Waals surface area contributed by atoms with Gasteiger partial charge in [0.05, 0.1) is 21.7 Å². The molecule has 1 aliphatic heterocycles. The van der Waals surface area contributed by atoms with Crippen LogP contribution in [0.3, 0.4) is 0 Å². The molecule has 1 aliphatic rings. The Bertz CT molecular complexity index is 1160. The fourth-order valence-electron chi connectivity index (χ4n) is 2.99. The maximum Gasteiger partial charge on any atom is 0.264 e. The number of nitrogens with one attached hydrogen (secondary N) is 1. The lowest BCUT2D eigenvalue weighted by Crippen LogP contribution is -2.19. The van der Waals surface area contributed by atoms with Crippen LogP contribution < -0.4 is 14.8 Å². The summed E-state index contributed by atoms with van der Waals surface area (Å²) in [6.07, 6.45) is 1.84. The molecular weight excluding hydrogens is 488 g/mol. The molecule has 0 radical (unpaired) electrons. The number of hydrogen-bond acceptors (Lipinski definition) is 5. The first-order valence-electron chi connectivity index (χ1n) is 10.1. The molecule has 162 valence electrons. The van der Waals surface area contributed by atoms with Crippen LogP contribution in [0.25, 0.3) is 6.08 Å². The van der Waals surface area contributed by atoms with Crippen molar-refractivity contribution in [3.05, 3.63) is 93.3 Å². The lowest BCUT2D eigenvalue weighted by atomic mass is 10.2. The first kappa shape index (κ1) is 22.2. The zero-order chi connectivity index (χ0) is 22.3. The molecule has 4 rings (SSSR count). The van der Waals surface area contributed by atoms with Crippen LogP contribution >= 0.6 is 27.7 Å². The fourth-order valence-corrected chi connectivity index (χ4v) is 4.34. The summed E-state index contributed by atoms with van der Waals surface area (Å²) < 4.78 is 12.2. The van der Waals surface area contributed by atoms with Crippen LogP contribution in [-0.4, -0.2) is 17.7 Å². The summed E-state index contributed by atoms with van der Waals surface area (Å²) >= 11 is 4.88. The van der Waals surface area contributed by atoms with Gasteiger partial charge in [0, 0.05) is 0 Å². The van der Waals surface area contributed by atoms with Crippen LogP contribution in [0.5, 0.6) is 11.5 Å². The van der Waals surface area contributed by atoms with Crippen molar-refractivity contribution in [1.29, 1.82) is 0 Å². The summed E-state index contributed by atoms with van der Waals surface area (Å²) in [5, 5.41) is 3.36. The number of carbonyl (C=O) groups is 1. The molecule has 3 aromatic carbocycles. The van der Waals surface area contributed by atoms with Gasteiger partial charge < -0.3 is 14.8 Å². The normalized spacial score (nSPS) is 15.8. The SMILES string of the molecule is CCOc1ccc(N=C2NC(=O)/C(=C\c3ccc(OCc4ccccc4)c(Br)c3)S2)cc1. The smallest absolute Gasteiger partial charge is 0.264 e. The highest BCUT2D eigenvalue weighted by Gasteiger charge is 2.23. The Morgan fingerprint density at radius 3 is 2.53 bits per heavy atom. The third-order valence-corrected chi connectivity index (χ3v) is 6.05. The molecule has 5 nitrogen and oxygen atoms in total. The number of halogens is 1. The first-order chi connectivity index (χ1) is 15.6. The van der Waals surface area contributed by atoms with Crippen molar-refractivity contribution in [2.45, 2.75) is 13.5 Å². The van der Waals surface area contributed by atoms with Gasteiger partial charge in [0.15, 0.2) is 5.17 Å². The van der Waals surface area contributed by atoms with Gasteiger partial charge in [0.1, 0.15) is 18.1 Å². The van der Waals surface area contributed by atoms with E-state index in [4.69, 9.17) is 9.47 Å². The quantitative estimate of drug-likeness (QED) is 0.379. The number of thioether (sulfide) groups is 1. The number of hydrogen-bond donors (Lipinski definition) is 1. The minimum Gasteiger partial charge on any atom is -0.494 e. The predicted molar refractivity (Wildman–Crippen MR) is 133 cm³/mol. The molecular formula is C25H21BrN2O3S. The van der Waals surface area contributed by atoms with E-state index in [9.17, 15) is 4.79 Å². The number of nitrogens with zero attached hydrogens (tertiary/aromatic N) is 1. The average molecular weight is 509 g/mol. The van der Waals surface area contributed by atoms with Gasteiger partial charge in [-0.15, -0.1) is 0 Å². The third kappa shape index (κ3) is 5.81. The molecule has 7 heteroatoms. The Hall–Kier alpha value is -3.03. The lowest BCUT2D eigenvalue weighted by Gasteiger charge is -2.09. The molecule has 1 N–H and O–H groups in total. The predicted octanol–water partition coefficient (Wildman–Crippen LogP) is 6.32. The van der Waals surface area contributed by atoms with Crippen molar-refractivity contribution < 1.29 is 14.3 Å². The van der Waals surface area contributed by atoms with Crippen LogP contribution in [0.1, 0.15) is 18.1 Å². The fraction of sp³-hybridized carbons (Fsp3) is 0.120. The molecule has 1 fully saturated rings. The van der Waals surface area contributed by atoms with Crippen molar-refractivity contribution in [3.8, 4) is 11.5 Å². The molecule has 0 unspecified atom stereocenters. The highest BCUT2D eigenvalue weighted by molar-refractivity contribution is 9.10. The number of rotatable bonds is 7. The van der Waals surface area contributed by atoms with Crippen LogP contribution in [0.4, 0.5) is 5.69 Å². The monoisotopic (exact) mass is 508 g/mol. The highest BCUT2D eigenvalue weighted by Crippen LogP contribution is 2.31. The van der Waals surface area contributed by atoms with E-state index < -0.39 is 0 Å². The summed E-state index contributed by atoms with van der Waals surface area (Å²) in [6.45, 7) is 3.05. The van der Waals surface area contributed by atoms with E-state index in [1.54, 1.807) is 0 Å². The van der Waals surface area contributed by atoms with Gasteiger partial charge in [-0.25, -0.2) is 4.99 Å². The van der Waals surface area contributed by atoms with Crippen molar-refractivity contribution in [3.63, 3.8) is 0 Å². The minimum absolute atomic E-state index is 0.166. The molecule has 0 aliphatic carbocycles. The summed E-state index contributed by atoms with van der Waals surface area (Å²) in [5.74, 6) is 1.37. The number of amides is 1. The number of aliphatic imine (C=N–C) groups is 1. The van der Waals surface area contributed by atoms with Crippen LogP contribution in [0.15, 0.2) is 87.2 Å². The van der Waals surface area contributed by atoms with E-state index in [1.165, 1.54) is 11.8 Å². The Kier molecular flexibility index (Phi) is 7.29. The maximum absolute atomic E-state index is 12.4. The Balaban J connectivity index is 1.43. The second-order valence-corrected chi connectivity index (χ2v) is 8.76. The highest BCUT2D eigenvalue weighted by atomic mass is 79.9. The molecule has 0 atom stereocenters. The van der Waals surface area contributed by atoms with Gasteiger partial charge in [0.2, 0.25) is 0 Å². The topological polar surface area (TPSA) is 59.9 Å². The van der Waals surface area contributed by atoms with Gasteiger partial charge in [0.25, 0.3) is 5.91 Å². The second kappa shape index (κ2) is 10.5. The minimum atomic E-state index is -0.166. The van der Waals surface area contributed by atoms with Gasteiger partial charge in [-0.05, 0) is 88.2 Å². The van der Waals surface area contributed by atoms with E-state index in [-0.39, 0.29) is 5.91 Å². The van der Waals surface area contributed by atoms with E-state index in [2.05, 4.69) is 26.2 Å². The molecule has 32 heavy (non-hydrogen) atoms. The zero-order valence-corrected chi connectivity index (χ0v) is 19.8. The van der Waals surface area contributed by atoms with Crippen molar-refractivity contribution in [2.24, 2.45) is 4.99 Å². The molecule has 0 saturated carbocycles. The van der Waals surface area contributed by atoms with Crippen LogP contribution in [-0.2, 0) is 11.4 Å². The Morgan fingerprint density at radius 2 is 1.81 bits per heavy atom.